The van der Waals surface area contributed by atoms with Crippen molar-refractivity contribution in [2.75, 3.05) is 6.54 Å². The van der Waals surface area contributed by atoms with E-state index in [1.807, 2.05) is 13.8 Å². The van der Waals surface area contributed by atoms with Gasteiger partial charge in [0.25, 0.3) is 0 Å². The fourth-order valence-corrected chi connectivity index (χ4v) is 1.01. The number of nitrogens with zero attached hydrogens (tertiary/aromatic N) is 3. The van der Waals surface area contributed by atoms with Crippen molar-refractivity contribution in [2.45, 2.75) is 46.3 Å². The molecule has 0 spiro atoms. The van der Waals surface area contributed by atoms with Crippen molar-refractivity contribution < 1.29 is 9.53 Å². The maximum atomic E-state index is 11.5. The third-order valence-electron chi connectivity index (χ3n) is 1.85. The Morgan fingerprint density at radius 3 is 2.44 bits per heavy atom. The monoisotopic (exact) mass is 228 g/mol. The van der Waals surface area contributed by atoms with Gasteiger partial charge in [-0.1, -0.05) is 19.0 Å². The molecule has 0 saturated heterocycles. The summed E-state index contributed by atoms with van der Waals surface area (Å²) in [5.74, 6) is 0.179. The summed E-state index contributed by atoms with van der Waals surface area (Å²) in [6, 6.07) is -0.203. The number of alkyl carbamates (subject to hydrolysis) is 1. The summed E-state index contributed by atoms with van der Waals surface area (Å²) in [6.07, 6.45) is -0.487. The van der Waals surface area contributed by atoms with E-state index in [-0.39, 0.29) is 18.5 Å². The molecule has 0 radical (unpaired) electrons. The highest BCUT2D eigenvalue weighted by atomic mass is 16.6. The summed E-state index contributed by atoms with van der Waals surface area (Å²) >= 11 is 0. The molecule has 6 nitrogen and oxygen atoms in total. The highest BCUT2D eigenvalue weighted by Gasteiger charge is 2.20. The minimum atomic E-state index is -0.524. The molecule has 0 saturated carbocycles. The van der Waals surface area contributed by atoms with Crippen LogP contribution in [0.4, 0.5) is 4.79 Å². The van der Waals surface area contributed by atoms with E-state index in [2.05, 4.69) is 15.3 Å². The Hall–Kier alpha value is -1.42. The number of carbonyl (C=O) groups is 1. The van der Waals surface area contributed by atoms with Gasteiger partial charge in [-0.15, -0.1) is 0 Å². The predicted octanol–water partition coefficient (Wildman–Crippen LogP) is 2.85. The fourth-order valence-electron chi connectivity index (χ4n) is 1.01. The molecule has 1 amide bonds. The molecule has 0 bridgehead atoms. The number of nitrogens with one attached hydrogen (secondary N) is 1. The van der Waals surface area contributed by atoms with Crippen molar-refractivity contribution in [1.82, 2.24) is 5.32 Å². The first-order valence-electron chi connectivity index (χ1n) is 5.26. The fraction of sp³-hybridized carbons (Fsp3) is 0.900. The molecular weight excluding hydrogens is 208 g/mol. The maximum absolute atomic E-state index is 11.5. The Balaban J connectivity index is 4.29. The molecule has 0 fully saturated rings. The quantitative estimate of drug-likeness (QED) is 0.455. The van der Waals surface area contributed by atoms with Crippen LogP contribution in [-0.4, -0.2) is 24.3 Å². The smallest absolute Gasteiger partial charge is 0.407 e. The Bertz CT molecular complexity index is 277. The van der Waals surface area contributed by atoms with Gasteiger partial charge in [-0.05, 0) is 32.2 Å². The lowest BCUT2D eigenvalue weighted by atomic mass is 10.1. The Morgan fingerprint density at radius 1 is 1.50 bits per heavy atom. The first kappa shape index (κ1) is 14.6. The number of hydrogen-bond donors (Lipinski definition) is 1. The molecule has 1 atom stereocenters. The number of ether oxygens (including phenoxy) is 1. The molecule has 0 aromatic carbocycles. The standard InChI is InChI=1S/C10H20N4O2/c1-7(2)8(6-12-14-11)13-9(15)16-10(3,4)5/h7-8H,6H2,1-5H3,(H,13,15)/t8-/m1/s1. The van der Waals surface area contributed by atoms with E-state index >= 15 is 0 Å². The average molecular weight is 228 g/mol. The van der Waals surface area contributed by atoms with Crippen molar-refractivity contribution in [1.29, 1.82) is 0 Å². The van der Waals surface area contributed by atoms with Crippen LogP contribution >= 0.6 is 0 Å². The van der Waals surface area contributed by atoms with Crippen molar-refractivity contribution in [3.8, 4) is 0 Å². The van der Waals surface area contributed by atoms with E-state index in [0.717, 1.165) is 0 Å². The highest BCUT2D eigenvalue weighted by Crippen LogP contribution is 2.08. The lowest BCUT2D eigenvalue weighted by Crippen LogP contribution is -2.43. The molecule has 16 heavy (non-hydrogen) atoms. The van der Waals surface area contributed by atoms with Crippen LogP contribution in [-0.2, 0) is 4.74 Å². The van der Waals surface area contributed by atoms with Gasteiger partial charge in [0.15, 0.2) is 0 Å². The number of hydrogen-bond acceptors (Lipinski definition) is 3. The normalized spacial score (nSPS) is 12.9. The molecule has 0 rings (SSSR count). The van der Waals surface area contributed by atoms with Gasteiger partial charge in [0.05, 0.1) is 0 Å². The van der Waals surface area contributed by atoms with E-state index in [4.69, 9.17) is 10.3 Å². The molecule has 0 aromatic heterocycles. The van der Waals surface area contributed by atoms with Gasteiger partial charge < -0.3 is 10.1 Å². The van der Waals surface area contributed by atoms with Crippen LogP contribution in [0, 0.1) is 5.92 Å². The van der Waals surface area contributed by atoms with E-state index in [9.17, 15) is 4.79 Å². The van der Waals surface area contributed by atoms with Crippen molar-refractivity contribution >= 4 is 6.09 Å². The zero-order valence-corrected chi connectivity index (χ0v) is 10.5. The van der Waals surface area contributed by atoms with Gasteiger partial charge in [0, 0.05) is 17.5 Å². The van der Waals surface area contributed by atoms with Crippen LogP contribution in [0.1, 0.15) is 34.6 Å². The van der Waals surface area contributed by atoms with Gasteiger partial charge in [0.1, 0.15) is 5.60 Å². The summed E-state index contributed by atoms with van der Waals surface area (Å²) in [6.45, 7) is 9.50. The lowest BCUT2D eigenvalue weighted by Gasteiger charge is -2.24. The van der Waals surface area contributed by atoms with Gasteiger partial charge >= 0.3 is 6.09 Å². The Morgan fingerprint density at radius 2 is 2.06 bits per heavy atom. The molecule has 0 aliphatic carbocycles. The van der Waals surface area contributed by atoms with Crippen LogP contribution in [0.25, 0.3) is 10.4 Å². The van der Waals surface area contributed by atoms with Crippen molar-refractivity contribution in [3.05, 3.63) is 10.4 Å². The molecule has 0 heterocycles. The first-order chi connectivity index (χ1) is 7.26. The predicted molar refractivity (Wildman–Crippen MR) is 62.0 cm³/mol. The first-order valence-corrected chi connectivity index (χ1v) is 5.26. The molecule has 0 aliphatic heterocycles. The largest absolute Gasteiger partial charge is 0.444 e. The van der Waals surface area contributed by atoms with Crippen molar-refractivity contribution in [2.24, 2.45) is 11.0 Å². The third-order valence-corrected chi connectivity index (χ3v) is 1.85. The minimum absolute atomic E-state index is 0.179. The second kappa shape index (κ2) is 6.23. The van der Waals surface area contributed by atoms with E-state index < -0.39 is 11.7 Å². The van der Waals surface area contributed by atoms with Crippen LogP contribution in [0.2, 0.25) is 0 Å². The summed E-state index contributed by atoms with van der Waals surface area (Å²) < 4.78 is 5.11. The third kappa shape index (κ3) is 6.95. The van der Waals surface area contributed by atoms with E-state index in [1.165, 1.54) is 0 Å². The molecule has 0 aliphatic rings. The van der Waals surface area contributed by atoms with Crippen LogP contribution in [0.3, 0.4) is 0 Å². The highest BCUT2D eigenvalue weighted by molar-refractivity contribution is 5.68. The number of amides is 1. The summed E-state index contributed by atoms with van der Waals surface area (Å²) in [7, 11) is 0. The topological polar surface area (TPSA) is 87.1 Å². The average Bonchev–Trinajstić information content (AvgIpc) is 2.08. The SMILES string of the molecule is CC(C)[C@@H](CN=[N+]=[N-])NC(=O)OC(C)(C)C. The Kier molecular flexibility index (Phi) is 5.67. The molecular formula is C10H20N4O2. The van der Waals surface area contributed by atoms with E-state index in [0.29, 0.717) is 0 Å². The molecule has 1 N–H and O–H groups in total. The number of azide groups is 1. The number of carbonyl (C=O) groups excluding carboxylic acids is 1. The van der Waals surface area contributed by atoms with Crippen LogP contribution in [0.15, 0.2) is 5.11 Å². The van der Waals surface area contributed by atoms with Crippen molar-refractivity contribution in [3.63, 3.8) is 0 Å². The number of rotatable bonds is 4. The molecule has 6 heteroatoms. The van der Waals surface area contributed by atoms with Gasteiger partial charge in [0.2, 0.25) is 0 Å². The minimum Gasteiger partial charge on any atom is -0.444 e. The zero-order chi connectivity index (χ0) is 12.8. The van der Waals surface area contributed by atoms with Gasteiger partial charge in [-0.2, -0.15) is 0 Å². The summed E-state index contributed by atoms with van der Waals surface area (Å²) in [5, 5.41) is 6.13. The molecule has 92 valence electrons. The maximum Gasteiger partial charge on any atom is 0.407 e. The molecule has 0 aromatic rings. The molecule has 0 unspecified atom stereocenters. The zero-order valence-electron chi connectivity index (χ0n) is 10.5. The van der Waals surface area contributed by atoms with Crippen LogP contribution in [0.5, 0.6) is 0 Å². The van der Waals surface area contributed by atoms with Gasteiger partial charge in [-0.25, -0.2) is 4.79 Å². The van der Waals surface area contributed by atoms with E-state index in [1.54, 1.807) is 20.8 Å². The van der Waals surface area contributed by atoms with Gasteiger partial charge in [-0.3, -0.25) is 0 Å². The summed E-state index contributed by atoms with van der Waals surface area (Å²) in [5.41, 5.74) is 7.71. The second-order valence-electron chi connectivity index (χ2n) is 4.91. The second-order valence-corrected chi connectivity index (χ2v) is 4.91. The lowest BCUT2D eigenvalue weighted by molar-refractivity contribution is 0.0493. The Labute approximate surface area is 96.0 Å². The summed E-state index contributed by atoms with van der Waals surface area (Å²) in [4.78, 5) is 14.1. The van der Waals surface area contributed by atoms with Crippen LogP contribution < -0.4 is 5.32 Å².